The van der Waals surface area contributed by atoms with Crippen molar-refractivity contribution in [2.75, 3.05) is 25.6 Å². The van der Waals surface area contributed by atoms with Crippen molar-refractivity contribution in [3.05, 3.63) is 18.0 Å². The Morgan fingerprint density at radius 2 is 2.44 bits per heavy atom. The van der Waals surface area contributed by atoms with E-state index >= 15 is 0 Å². The maximum atomic E-state index is 11.7. The van der Waals surface area contributed by atoms with Crippen LogP contribution in [0.25, 0.3) is 0 Å². The van der Waals surface area contributed by atoms with Crippen LogP contribution in [0.2, 0.25) is 0 Å². The summed E-state index contributed by atoms with van der Waals surface area (Å²) in [6.07, 6.45) is 3.16. The monoisotopic (exact) mass is 250 g/mol. The molecule has 1 aliphatic heterocycles. The van der Waals surface area contributed by atoms with E-state index in [9.17, 15) is 4.79 Å². The van der Waals surface area contributed by atoms with E-state index in [1.54, 1.807) is 12.3 Å². The first-order valence-electron chi connectivity index (χ1n) is 6.05. The fourth-order valence-corrected chi connectivity index (χ4v) is 1.77. The zero-order valence-corrected chi connectivity index (χ0v) is 10.7. The number of anilines is 1. The first kappa shape index (κ1) is 12.8. The van der Waals surface area contributed by atoms with Crippen LogP contribution < -0.4 is 10.2 Å². The SMILES string of the molecule is CN(C)c1nccc(CNC(=O)C2CCCO2)n1. The van der Waals surface area contributed by atoms with Crippen LogP contribution in [-0.4, -0.2) is 42.7 Å². The summed E-state index contributed by atoms with van der Waals surface area (Å²) < 4.78 is 5.31. The molecule has 0 spiro atoms. The van der Waals surface area contributed by atoms with Gasteiger partial charge in [0, 0.05) is 26.9 Å². The molecule has 0 saturated carbocycles. The molecular formula is C12H18N4O2. The Bertz CT molecular complexity index is 416. The molecule has 0 radical (unpaired) electrons. The topological polar surface area (TPSA) is 67.4 Å². The molecule has 18 heavy (non-hydrogen) atoms. The molecule has 1 saturated heterocycles. The molecule has 2 rings (SSSR count). The number of ether oxygens (including phenoxy) is 1. The highest BCUT2D eigenvalue weighted by Gasteiger charge is 2.23. The Kier molecular flexibility index (Phi) is 4.09. The Labute approximate surface area is 106 Å². The Balaban J connectivity index is 1.89. The zero-order chi connectivity index (χ0) is 13.0. The number of nitrogens with one attached hydrogen (secondary N) is 1. The van der Waals surface area contributed by atoms with Gasteiger partial charge in [0.25, 0.3) is 0 Å². The number of carbonyl (C=O) groups excluding carboxylic acids is 1. The van der Waals surface area contributed by atoms with E-state index < -0.39 is 0 Å². The highest BCUT2D eigenvalue weighted by Crippen LogP contribution is 2.12. The van der Waals surface area contributed by atoms with Gasteiger partial charge in [-0.2, -0.15) is 0 Å². The molecule has 0 aliphatic carbocycles. The van der Waals surface area contributed by atoms with Crippen molar-refractivity contribution in [1.29, 1.82) is 0 Å². The van der Waals surface area contributed by atoms with Gasteiger partial charge in [0.15, 0.2) is 0 Å². The Morgan fingerprint density at radius 1 is 1.61 bits per heavy atom. The van der Waals surface area contributed by atoms with Crippen molar-refractivity contribution in [3.8, 4) is 0 Å². The minimum atomic E-state index is -0.292. The lowest BCUT2D eigenvalue weighted by atomic mass is 10.2. The second-order valence-corrected chi connectivity index (χ2v) is 4.46. The average Bonchev–Trinajstić information content (AvgIpc) is 2.90. The van der Waals surface area contributed by atoms with Gasteiger partial charge in [-0.15, -0.1) is 0 Å². The maximum Gasteiger partial charge on any atom is 0.249 e. The standard InChI is InChI=1S/C12H18N4O2/c1-16(2)12-13-6-5-9(15-12)8-14-11(17)10-4-3-7-18-10/h5-6,10H,3-4,7-8H2,1-2H3,(H,14,17). The Morgan fingerprint density at radius 3 is 3.11 bits per heavy atom. The van der Waals surface area contributed by atoms with Crippen molar-refractivity contribution in [2.45, 2.75) is 25.5 Å². The van der Waals surface area contributed by atoms with Gasteiger partial charge >= 0.3 is 0 Å². The van der Waals surface area contributed by atoms with Crippen LogP contribution >= 0.6 is 0 Å². The van der Waals surface area contributed by atoms with E-state index in [0.29, 0.717) is 19.1 Å². The van der Waals surface area contributed by atoms with Gasteiger partial charge in [-0.05, 0) is 18.9 Å². The van der Waals surface area contributed by atoms with Gasteiger partial charge in [0.1, 0.15) is 6.10 Å². The molecule has 1 atom stereocenters. The third-order valence-electron chi connectivity index (χ3n) is 2.77. The minimum absolute atomic E-state index is 0.0579. The molecule has 1 aromatic heterocycles. The molecule has 1 fully saturated rings. The predicted molar refractivity (Wildman–Crippen MR) is 67.2 cm³/mol. The van der Waals surface area contributed by atoms with Crippen LogP contribution in [0.5, 0.6) is 0 Å². The smallest absolute Gasteiger partial charge is 0.249 e. The molecule has 6 heteroatoms. The molecule has 0 aromatic carbocycles. The van der Waals surface area contributed by atoms with Crippen LogP contribution in [0.1, 0.15) is 18.5 Å². The third kappa shape index (κ3) is 3.16. The number of hydrogen-bond donors (Lipinski definition) is 1. The highest BCUT2D eigenvalue weighted by atomic mass is 16.5. The lowest BCUT2D eigenvalue weighted by Gasteiger charge is -2.12. The second kappa shape index (κ2) is 5.77. The summed E-state index contributed by atoms with van der Waals surface area (Å²) in [5, 5.41) is 2.83. The summed E-state index contributed by atoms with van der Waals surface area (Å²) >= 11 is 0. The van der Waals surface area contributed by atoms with E-state index in [-0.39, 0.29) is 12.0 Å². The molecule has 1 aromatic rings. The number of carbonyl (C=O) groups is 1. The van der Waals surface area contributed by atoms with Crippen LogP contribution in [0.15, 0.2) is 12.3 Å². The summed E-state index contributed by atoms with van der Waals surface area (Å²) in [6.45, 7) is 1.08. The van der Waals surface area contributed by atoms with E-state index in [2.05, 4.69) is 15.3 Å². The van der Waals surface area contributed by atoms with Gasteiger partial charge in [-0.3, -0.25) is 4.79 Å². The highest BCUT2D eigenvalue weighted by molar-refractivity contribution is 5.80. The average molecular weight is 250 g/mol. The molecule has 1 aliphatic rings. The van der Waals surface area contributed by atoms with Crippen molar-refractivity contribution in [1.82, 2.24) is 15.3 Å². The molecule has 2 heterocycles. The number of hydrogen-bond acceptors (Lipinski definition) is 5. The summed E-state index contributed by atoms with van der Waals surface area (Å²) in [5.41, 5.74) is 0.792. The molecule has 1 amide bonds. The van der Waals surface area contributed by atoms with Gasteiger partial charge < -0.3 is 15.0 Å². The first-order valence-corrected chi connectivity index (χ1v) is 6.05. The molecule has 6 nitrogen and oxygen atoms in total. The summed E-state index contributed by atoms with van der Waals surface area (Å²) in [7, 11) is 3.76. The number of amides is 1. The van der Waals surface area contributed by atoms with E-state index in [4.69, 9.17) is 4.74 Å². The predicted octanol–water partition coefficient (Wildman–Crippen LogP) is 0.338. The van der Waals surface area contributed by atoms with Gasteiger partial charge in [-0.25, -0.2) is 9.97 Å². The van der Waals surface area contributed by atoms with Crippen molar-refractivity contribution in [3.63, 3.8) is 0 Å². The summed E-state index contributed by atoms with van der Waals surface area (Å²) in [6, 6.07) is 1.79. The second-order valence-electron chi connectivity index (χ2n) is 4.46. The number of aromatic nitrogens is 2. The lowest BCUT2D eigenvalue weighted by molar-refractivity contribution is -0.130. The van der Waals surface area contributed by atoms with Crippen molar-refractivity contribution < 1.29 is 9.53 Å². The molecule has 1 N–H and O–H groups in total. The lowest BCUT2D eigenvalue weighted by Crippen LogP contribution is -2.33. The summed E-state index contributed by atoms with van der Waals surface area (Å²) in [5.74, 6) is 0.580. The van der Waals surface area contributed by atoms with Gasteiger partial charge in [-0.1, -0.05) is 0 Å². The molecule has 0 bridgehead atoms. The van der Waals surface area contributed by atoms with E-state index in [1.807, 2.05) is 19.0 Å². The largest absolute Gasteiger partial charge is 0.368 e. The van der Waals surface area contributed by atoms with Crippen LogP contribution in [0.4, 0.5) is 5.95 Å². The maximum absolute atomic E-state index is 11.7. The third-order valence-corrected chi connectivity index (χ3v) is 2.77. The zero-order valence-electron chi connectivity index (χ0n) is 10.7. The van der Waals surface area contributed by atoms with Gasteiger partial charge in [0.2, 0.25) is 11.9 Å². The summed E-state index contributed by atoms with van der Waals surface area (Å²) in [4.78, 5) is 22.0. The van der Waals surface area contributed by atoms with Crippen LogP contribution in [-0.2, 0) is 16.1 Å². The number of nitrogens with zero attached hydrogens (tertiary/aromatic N) is 3. The van der Waals surface area contributed by atoms with Crippen molar-refractivity contribution >= 4 is 11.9 Å². The fourth-order valence-electron chi connectivity index (χ4n) is 1.77. The molecule has 98 valence electrons. The molecular weight excluding hydrogens is 232 g/mol. The minimum Gasteiger partial charge on any atom is -0.368 e. The molecule has 1 unspecified atom stereocenters. The normalized spacial score (nSPS) is 18.7. The number of rotatable bonds is 4. The fraction of sp³-hybridized carbons (Fsp3) is 0.583. The van der Waals surface area contributed by atoms with E-state index in [0.717, 1.165) is 18.5 Å². The van der Waals surface area contributed by atoms with E-state index in [1.165, 1.54) is 0 Å². The van der Waals surface area contributed by atoms with Crippen LogP contribution in [0, 0.1) is 0 Å². The quantitative estimate of drug-likeness (QED) is 0.834. The van der Waals surface area contributed by atoms with Crippen molar-refractivity contribution in [2.24, 2.45) is 0 Å². The first-order chi connectivity index (χ1) is 8.66. The van der Waals surface area contributed by atoms with Crippen LogP contribution in [0.3, 0.4) is 0 Å². The van der Waals surface area contributed by atoms with Gasteiger partial charge in [0.05, 0.1) is 12.2 Å². The Hall–Kier alpha value is -1.69.